The fourth-order valence-corrected chi connectivity index (χ4v) is 5.01. The van der Waals surface area contributed by atoms with E-state index >= 15 is 0 Å². The molecule has 0 radical (unpaired) electrons. The molecule has 0 saturated carbocycles. The van der Waals surface area contributed by atoms with Crippen LogP contribution in [0.15, 0.2) is 77.7 Å². The summed E-state index contributed by atoms with van der Waals surface area (Å²) in [7, 11) is -2.17. The van der Waals surface area contributed by atoms with Gasteiger partial charge in [-0.3, -0.25) is 10.1 Å². The van der Waals surface area contributed by atoms with Crippen molar-refractivity contribution in [3.05, 3.63) is 99.9 Å². The van der Waals surface area contributed by atoms with E-state index in [2.05, 4.69) is 9.71 Å². The van der Waals surface area contributed by atoms with E-state index in [1.807, 2.05) is 66.2 Å². The molecule has 3 aromatic carbocycles. The van der Waals surface area contributed by atoms with Crippen LogP contribution < -0.4 is 4.72 Å². The molecule has 0 saturated heterocycles. The van der Waals surface area contributed by atoms with E-state index in [1.54, 1.807) is 0 Å². The number of nitrogens with zero attached hydrogens (tertiary/aromatic N) is 3. The Bertz CT molecular complexity index is 1380. The highest BCUT2D eigenvalue weighted by molar-refractivity contribution is 7.89. The van der Waals surface area contributed by atoms with Gasteiger partial charge in [0.1, 0.15) is 11.9 Å². The lowest BCUT2D eigenvalue weighted by Crippen LogP contribution is -2.31. The zero-order chi connectivity index (χ0) is 22.2. The van der Waals surface area contributed by atoms with Crippen LogP contribution in [-0.4, -0.2) is 22.9 Å². The quantitative estimate of drug-likeness (QED) is 0.365. The van der Waals surface area contributed by atoms with Gasteiger partial charge in [0, 0.05) is 19.2 Å². The van der Waals surface area contributed by atoms with Crippen molar-refractivity contribution < 1.29 is 13.3 Å². The van der Waals surface area contributed by atoms with Crippen molar-refractivity contribution in [1.29, 1.82) is 0 Å². The number of nitro groups is 1. The molecule has 0 bridgehead atoms. The number of benzene rings is 3. The Morgan fingerprint density at radius 3 is 2.35 bits per heavy atom. The summed E-state index contributed by atoms with van der Waals surface area (Å²) in [6.07, 6.45) is 0. The molecule has 1 N–H and O–H groups in total. The first-order valence-electron chi connectivity index (χ1n) is 9.51. The van der Waals surface area contributed by atoms with Crippen molar-refractivity contribution >= 4 is 26.7 Å². The first-order valence-corrected chi connectivity index (χ1v) is 11.0. The predicted octanol–water partition coefficient (Wildman–Crippen LogP) is 3.86. The third-order valence-corrected chi connectivity index (χ3v) is 6.73. The van der Waals surface area contributed by atoms with Crippen LogP contribution >= 0.6 is 0 Å². The zero-order valence-corrected chi connectivity index (χ0v) is 17.7. The first kappa shape index (κ1) is 20.7. The lowest BCUT2D eigenvalue weighted by Gasteiger charge is -2.20. The molecule has 1 aromatic heterocycles. The predicted molar refractivity (Wildman–Crippen MR) is 117 cm³/mol. The molecule has 0 spiro atoms. The summed E-state index contributed by atoms with van der Waals surface area (Å²) in [6.45, 7) is 1.54. The molecule has 0 aliphatic heterocycles. The van der Waals surface area contributed by atoms with E-state index < -0.39 is 21.0 Å². The molecule has 0 aliphatic rings. The molecule has 1 heterocycles. The van der Waals surface area contributed by atoms with Gasteiger partial charge in [-0.2, -0.15) is 4.72 Å². The van der Waals surface area contributed by atoms with E-state index in [0.29, 0.717) is 11.4 Å². The highest BCUT2D eigenvalue weighted by atomic mass is 32.2. The molecule has 9 heteroatoms. The van der Waals surface area contributed by atoms with Crippen molar-refractivity contribution in [1.82, 2.24) is 14.3 Å². The third-order valence-electron chi connectivity index (χ3n) is 5.14. The van der Waals surface area contributed by atoms with Crippen molar-refractivity contribution in [2.24, 2.45) is 7.05 Å². The number of para-hydroxylation sites is 2. The molecule has 4 rings (SSSR count). The SMILES string of the molecule is Cc1cc([N+](=O)[O-])ccc1S(=O)(=O)NC(c1ccccc1)c1nc2ccccc2n1C. The Kier molecular flexibility index (Phi) is 5.30. The molecule has 0 amide bonds. The van der Waals surface area contributed by atoms with Gasteiger partial charge < -0.3 is 4.57 Å². The number of hydrogen-bond donors (Lipinski definition) is 1. The zero-order valence-electron chi connectivity index (χ0n) is 16.9. The molecule has 8 nitrogen and oxygen atoms in total. The second-order valence-electron chi connectivity index (χ2n) is 7.19. The largest absolute Gasteiger partial charge is 0.329 e. The van der Waals surface area contributed by atoms with Gasteiger partial charge in [0.2, 0.25) is 10.0 Å². The van der Waals surface area contributed by atoms with Gasteiger partial charge >= 0.3 is 0 Å². The Morgan fingerprint density at radius 2 is 1.71 bits per heavy atom. The number of sulfonamides is 1. The van der Waals surface area contributed by atoms with Gasteiger partial charge in [-0.25, -0.2) is 13.4 Å². The summed E-state index contributed by atoms with van der Waals surface area (Å²) in [5, 5.41) is 11.0. The van der Waals surface area contributed by atoms with Crippen LogP contribution in [0, 0.1) is 17.0 Å². The maximum atomic E-state index is 13.3. The van der Waals surface area contributed by atoms with E-state index in [-0.39, 0.29) is 10.6 Å². The van der Waals surface area contributed by atoms with Gasteiger partial charge in [-0.1, -0.05) is 42.5 Å². The number of nitrogens with one attached hydrogen (secondary N) is 1. The van der Waals surface area contributed by atoms with E-state index in [9.17, 15) is 18.5 Å². The van der Waals surface area contributed by atoms with Crippen LogP contribution in [0.1, 0.15) is 23.0 Å². The van der Waals surface area contributed by atoms with Crippen LogP contribution in [-0.2, 0) is 17.1 Å². The summed E-state index contributed by atoms with van der Waals surface area (Å²) in [5.74, 6) is 0.538. The fraction of sp³-hybridized carbons (Fsp3) is 0.136. The van der Waals surface area contributed by atoms with Gasteiger partial charge in [-0.15, -0.1) is 0 Å². The number of non-ortho nitro benzene ring substituents is 1. The summed E-state index contributed by atoms with van der Waals surface area (Å²) >= 11 is 0. The van der Waals surface area contributed by atoms with Crippen LogP contribution in [0.4, 0.5) is 5.69 Å². The lowest BCUT2D eigenvalue weighted by molar-refractivity contribution is -0.385. The van der Waals surface area contributed by atoms with Crippen LogP contribution in [0.2, 0.25) is 0 Å². The second-order valence-corrected chi connectivity index (χ2v) is 8.87. The fourth-order valence-electron chi connectivity index (χ4n) is 3.60. The smallest absolute Gasteiger partial charge is 0.269 e. The van der Waals surface area contributed by atoms with Gasteiger partial charge in [0.15, 0.2) is 0 Å². The molecule has 4 aromatic rings. The Balaban J connectivity index is 1.82. The number of aromatic nitrogens is 2. The average molecular weight is 436 g/mol. The standard InChI is InChI=1S/C22H20N4O4S/c1-15-14-17(26(27)28)12-13-20(15)31(29,30)24-21(16-8-4-3-5-9-16)22-23-18-10-6-7-11-19(18)25(22)2/h3-14,21,24H,1-2H3. The number of hydrogen-bond acceptors (Lipinski definition) is 5. The molecule has 1 atom stereocenters. The molecule has 31 heavy (non-hydrogen) atoms. The number of nitro benzene ring substituents is 1. The Morgan fingerprint density at radius 1 is 1.03 bits per heavy atom. The van der Waals surface area contributed by atoms with Gasteiger partial charge in [-0.05, 0) is 36.2 Å². The van der Waals surface area contributed by atoms with Gasteiger partial charge in [0.05, 0.1) is 20.9 Å². The Labute approximate surface area is 179 Å². The second kappa shape index (κ2) is 7.93. The maximum Gasteiger partial charge on any atom is 0.269 e. The topological polar surface area (TPSA) is 107 Å². The van der Waals surface area contributed by atoms with E-state index in [0.717, 1.165) is 16.6 Å². The van der Waals surface area contributed by atoms with Crippen molar-refractivity contribution in [2.45, 2.75) is 17.9 Å². The molecular weight excluding hydrogens is 416 g/mol. The van der Waals surface area contributed by atoms with Crippen molar-refractivity contribution in [3.63, 3.8) is 0 Å². The molecule has 158 valence electrons. The molecular formula is C22H20N4O4S. The highest BCUT2D eigenvalue weighted by Crippen LogP contribution is 2.28. The molecule has 1 unspecified atom stereocenters. The number of fused-ring (bicyclic) bond motifs is 1. The average Bonchev–Trinajstić information content (AvgIpc) is 3.09. The minimum atomic E-state index is -4.01. The van der Waals surface area contributed by atoms with Gasteiger partial charge in [0.25, 0.3) is 5.69 Å². The summed E-state index contributed by atoms with van der Waals surface area (Å²) < 4.78 is 31.2. The minimum Gasteiger partial charge on any atom is -0.329 e. The molecule has 0 fully saturated rings. The molecule has 0 aliphatic carbocycles. The highest BCUT2D eigenvalue weighted by Gasteiger charge is 2.28. The van der Waals surface area contributed by atoms with Crippen LogP contribution in [0.25, 0.3) is 11.0 Å². The number of rotatable bonds is 6. The summed E-state index contributed by atoms with van der Waals surface area (Å²) in [4.78, 5) is 15.1. The van der Waals surface area contributed by atoms with E-state index in [4.69, 9.17) is 0 Å². The monoisotopic (exact) mass is 436 g/mol. The number of imidazole rings is 1. The summed E-state index contributed by atoms with van der Waals surface area (Å²) in [6, 6.07) is 19.7. The lowest BCUT2D eigenvalue weighted by atomic mass is 10.1. The van der Waals surface area contributed by atoms with E-state index in [1.165, 1.54) is 25.1 Å². The first-order chi connectivity index (χ1) is 14.8. The van der Waals surface area contributed by atoms with Crippen molar-refractivity contribution in [2.75, 3.05) is 0 Å². The van der Waals surface area contributed by atoms with Crippen LogP contribution in [0.5, 0.6) is 0 Å². The minimum absolute atomic E-state index is 0.0159. The van der Waals surface area contributed by atoms with Crippen LogP contribution in [0.3, 0.4) is 0 Å². The summed E-state index contributed by atoms with van der Waals surface area (Å²) in [5.41, 5.74) is 2.49. The Hall–Kier alpha value is -3.56. The maximum absolute atomic E-state index is 13.3. The third kappa shape index (κ3) is 3.92. The normalized spacial score (nSPS) is 12.7. The van der Waals surface area contributed by atoms with Crippen molar-refractivity contribution in [3.8, 4) is 0 Å². The number of aryl methyl sites for hydroxylation is 2.